The first kappa shape index (κ1) is 9.29. The minimum Gasteiger partial charge on any atom is -0.461 e. The Kier molecular flexibility index (Phi) is 4.74. The van der Waals surface area contributed by atoms with Crippen LogP contribution in [0.1, 0.15) is 0 Å². The second-order valence-electron chi connectivity index (χ2n) is 1.35. The quantitative estimate of drug-likeness (QED) is 0.344. The summed E-state index contributed by atoms with van der Waals surface area (Å²) in [5.41, 5.74) is 0. The van der Waals surface area contributed by atoms with Gasteiger partial charge in [0.1, 0.15) is 6.61 Å². The Hall–Kier alpha value is -0.710. The third kappa shape index (κ3) is 3.34. The Labute approximate surface area is 63.9 Å². The SMILES string of the molecule is COC(=O)C(=O)OCCS. The number of methoxy groups -OCH3 is 1. The van der Waals surface area contributed by atoms with Gasteiger partial charge in [0.15, 0.2) is 0 Å². The lowest BCUT2D eigenvalue weighted by Crippen LogP contribution is -2.19. The maximum atomic E-state index is 10.4. The molecule has 0 heterocycles. The molecule has 0 bridgehead atoms. The highest BCUT2D eigenvalue weighted by atomic mass is 32.1. The van der Waals surface area contributed by atoms with E-state index in [-0.39, 0.29) is 6.61 Å². The normalized spacial score (nSPS) is 8.60. The van der Waals surface area contributed by atoms with E-state index in [0.29, 0.717) is 5.75 Å². The zero-order chi connectivity index (χ0) is 7.98. The standard InChI is InChI=1S/C5H8O4S/c1-8-4(6)5(7)9-2-3-10/h10H,2-3H2,1H3. The average molecular weight is 164 g/mol. The van der Waals surface area contributed by atoms with Crippen LogP contribution in [0.4, 0.5) is 0 Å². The summed E-state index contributed by atoms with van der Waals surface area (Å²) in [5.74, 6) is -1.57. The predicted molar refractivity (Wildman–Crippen MR) is 36.8 cm³/mol. The molecule has 5 heteroatoms. The molecule has 0 saturated carbocycles. The van der Waals surface area contributed by atoms with E-state index in [1.165, 1.54) is 0 Å². The van der Waals surface area contributed by atoms with E-state index in [9.17, 15) is 9.59 Å². The van der Waals surface area contributed by atoms with Crippen molar-refractivity contribution in [3.05, 3.63) is 0 Å². The molecular formula is C5H8O4S. The van der Waals surface area contributed by atoms with Gasteiger partial charge in [-0.05, 0) is 0 Å². The van der Waals surface area contributed by atoms with Crippen molar-refractivity contribution in [2.75, 3.05) is 19.5 Å². The molecule has 0 spiro atoms. The van der Waals surface area contributed by atoms with Crippen molar-refractivity contribution < 1.29 is 19.1 Å². The van der Waals surface area contributed by atoms with Gasteiger partial charge < -0.3 is 9.47 Å². The highest BCUT2D eigenvalue weighted by molar-refractivity contribution is 7.80. The Morgan fingerprint density at radius 3 is 2.40 bits per heavy atom. The Morgan fingerprint density at radius 2 is 2.00 bits per heavy atom. The lowest BCUT2D eigenvalue weighted by molar-refractivity contribution is -0.165. The summed E-state index contributed by atoms with van der Waals surface area (Å²) in [5, 5.41) is 0. The van der Waals surface area contributed by atoms with Crippen LogP contribution in [0.25, 0.3) is 0 Å². The monoisotopic (exact) mass is 164 g/mol. The third-order valence-corrected chi connectivity index (χ3v) is 0.859. The summed E-state index contributed by atoms with van der Waals surface area (Å²) in [4.78, 5) is 20.7. The fourth-order valence-electron chi connectivity index (χ4n) is 0.281. The number of ether oxygens (including phenoxy) is 2. The van der Waals surface area contributed by atoms with Crippen LogP contribution in [0.15, 0.2) is 0 Å². The molecule has 0 radical (unpaired) electrons. The molecule has 0 aromatic carbocycles. The van der Waals surface area contributed by atoms with Crippen molar-refractivity contribution >= 4 is 24.6 Å². The van der Waals surface area contributed by atoms with E-state index in [1.807, 2.05) is 0 Å². The van der Waals surface area contributed by atoms with E-state index in [1.54, 1.807) is 0 Å². The molecule has 0 rings (SSSR count). The van der Waals surface area contributed by atoms with Gasteiger partial charge in [-0.3, -0.25) is 0 Å². The molecule has 0 aliphatic rings. The Bertz CT molecular complexity index is 134. The van der Waals surface area contributed by atoms with Crippen molar-refractivity contribution in [1.29, 1.82) is 0 Å². The van der Waals surface area contributed by atoms with Gasteiger partial charge >= 0.3 is 11.9 Å². The first-order valence-electron chi connectivity index (χ1n) is 2.58. The van der Waals surface area contributed by atoms with Crippen LogP contribution in [0.2, 0.25) is 0 Å². The summed E-state index contributed by atoms with van der Waals surface area (Å²) in [6, 6.07) is 0. The summed E-state index contributed by atoms with van der Waals surface area (Å²) < 4.78 is 8.42. The number of hydrogen-bond acceptors (Lipinski definition) is 5. The molecule has 0 aliphatic heterocycles. The molecule has 4 nitrogen and oxygen atoms in total. The van der Waals surface area contributed by atoms with Crippen molar-refractivity contribution in [3.63, 3.8) is 0 Å². The highest BCUT2D eigenvalue weighted by Gasteiger charge is 2.13. The van der Waals surface area contributed by atoms with Crippen LogP contribution >= 0.6 is 12.6 Å². The smallest absolute Gasteiger partial charge is 0.417 e. The van der Waals surface area contributed by atoms with Crippen molar-refractivity contribution in [3.8, 4) is 0 Å². The fraction of sp³-hybridized carbons (Fsp3) is 0.600. The maximum absolute atomic E-state index is 10.4. The first-order chi connectivity index (χ1) is 4.72. The molecule has 10 heavy (non-hydrogen) atoms. The van der Waals surface area contributed by atoms with E-state index in [4.69, 9.17) is 0 Å². The van der Waals surface area contributed by atoms with Crippen molar-refractivity contribution in [2.24, 2.45) is 0 Å². The molecular weight excluding hydrogens is 156 g/mol. The topological polar surface area (TPSA) is 52.6 Å². The molecule has 0 aliphatic carbocycles. The average Bonchev–Trinajstić information content (AvgIpc) is 1.98. The summed E-state index contributed by atoms with van der Waals surface area (Å²) in [6.45, 7) is 0.122. The van der Waals surface area contributed by atoms with Crippen LogP contribution in [-0.2, 0) is 19.1 Å². The van der Waals surface area contributed by atoms with Gasteiger partial charge in [-0.25, -0.2) is 9.59 Å². The second kappa shape index (κ2) is 5.10. The molecule has 0 saturated heterocycles. The maximum Gasteiger partial charge on any atom is 0.417 e. The minimum atomic E-state index is -0.984. The van der Waals surface area contributed by atoms with Crippen molar-refractivity contribution in [2.45, 2.75) is 0 Å². The number of carbonyl (C=O) groups is 2. The zero-order valence-corrected chi connectivity index (χ0v) is 6.39. The van der Waals surface area contributed by atoms with Crippen LogP contribution in [0.3, 0.4) is 0 Å². The van der Waals surface area contributed by atoms with Gasteiger partial charge in [0.2, 0.25) is 0 Å². The molecule has 0 fully saturated rings. The number of rotatable bonds is 2. The number of thiol groups is 1. The Balaban J connectivity index is 3.52. The van der Waals surface area contributed by atoms with Gasteiger partial charge in [-0.1, -0.05) is 0 Å². The molecule has 0 unspecified atom stereocenters. The summed E-state index contributed by atoms with van der Waals surface area (Å²) >= 11 is 3.76. The minimum absolute atomic E-state index is 0.122. The largest absolute Gasteiger partial charge is 0.461 e. The van der Waals surface area contributed by atoms with Crippen LogP contribution < -0.4 is 0 Å². The van der Waals surface area contributed by atoms with E-state index < -0.39 is 11.9 Å². The van der Waals surface area contributed by atoms with E-state index >= 15 is 0 Å². The lowest BCUT2D eigenvalue weighted by atomic mass is 10.7. The van der Waals surface area contributed by atoms with Gasteiger partial charge in [0.05, 0.1) is 7.11 Å². The molecule has 0 aromatic rings. The zero-order valence-electron chi connectivity index (χ0n) is 5.49. The van der Waals surface area contributed by atoms with E-state index in [2.05, 4.69) is 22.1 Å². The number of esters is 2. The summed E-state index contributed by atoms with van der Waals surface area (Å²) in [6.07, 6.45) is 0. The number of hydrogen-bond donors (Lipinski definition) is 1. The third-order valence-electron chi connectivity index (χ3n) is 0.677. The van der Waals surface area contributed by atoms with Crippen LogP contribution in [0, 0.1) is 0 Å². The molecule has 0 N–H and O–H groups in total. The summed E-state index contributed by atoms with van der Waals surface area (Å²) in [7, 11) is 1.12. The highest BCUT2D eigenvalue weighted by Crippen LogP contribution is 1.83. The van der Waals surface area contributed by atoms with Gasteiger partial charge in [0, 0.05) is 5.75 Å². The predicted octanol–water partition coefficient (Wildman–Crippen LogP) is -0.368. The fourth-order valence-corrected chi connectivity index (χ4v) is 0.372. The van der Waals surface area contributed by atoms with Gasteiger partial charge in [0.25, 0.3) is 0 Å². The van der Waals surface area contributed by atoms with Gasteiger partial charge in [-0.15, -0.1) is 0 Å². The molecule has 0 atom stereocenters. The van der Waals surface area contributed by atoms with Crippen LogP contribution in [-0.4, -0.2) is 31.4 Å². The molecule has 58 valence electrons. The van der Waals surface area contributed by atoms with Crippen LogP contribution in [0.5, 0.6) is 0 Å². The molecule has 0 aromatic heterocycles. The van der Waals surface area contributed by atoms with Crippen molar-refractivity contribution in [1.82, 2.24) is 0 Å². The first-order valence-corrected chi connectivity index (χ1v) is 3.21. The van der Waals surface area contributed by atoms with E-state index in [0.717, 1.165) is 7.11 Å². The second-order valence-corrected chi connectivity index (χ2v) is 1.80. The Morgan fingerprint density at radius 1 is 1.40 bits per heavy atom. The number of carbonyl (C=O) groups excluding carboxylic acids is 2. The molecule has 0 amide bonds. The lowest BCUT2D eigenvalue weighted by Gasteiger charge is -1.98. The van der Waals surface area contributed by atoms with Gasteiger partial charge in [-0.2, -0.15) is 12.6 Å².